The number of hydrogen-bond acceptors (Lipinski definition) is 4. The Morgan fingerprint density at radius 3 is 2.33 bits per heavy atom. The summed E-state index contributed by atoms with van der Waals surface area (Å²) in [7, 11) is 0. The normalized spacial score (nSPS) is 10.6. The third kappa shape index (κ3) is 1.73. The number of nitrogens with two attached hydrogens (primary N) is 1. The van der Waals surface area contributed by atoms with Crippen LogP contribution in [0, 0.1) is 5.82 Å². The third-order valence-corrected chi connectivity index (χ3v) is 2.26. The highest BCUT2D eigenvalue weighted by Gasteiger charge is 2.14. The molecule has 0 saturated carbocycles. The van der Waals surface area contributed by atoms with E-state index in [0.717, 1.165) is 16.8 Å². The van der Waals surface area contributed by atoms with Gasteiger partial charge in [0.15, 0.2) is 0 Å². The molecule has 5 nitrogen and oxygen atoms in total. The highest BCUT2D eigenvalue weighted by atomic mass is 35.5. The van der Waals surface area contributed by atoms with Crippen LogP contribution in [-0.2, 0) is 0 Å². The van der Waals surface area contributed by atoms with Gasteiger partial charge in [-0.25, -0.2) is 4.39 Å². The molecule has 15 heavy (non-hydrogen) atoms. The van der Waals surface area contributed by atoms with Crippen molar-refractivity contribution in [2.45, 2.75) is 0 Å². The summed E-state index contributed by atoms with van der Waals surface area (Å²) in [5, 5.41) is 10.5. The summed E-state index contributed by atoms with van der Waals surface area (Å²) in [5.74, 6) is -0.522. The SMILES string of the molecule is Nc1nnnn1-c1c(Cl)cc(F)cc1Cl. The quantitative estimate of drug-likeness (QED) is 0.833. The van der Waals surface area contributed by atoms with Crippen molar-refractivity contribution in [2.24, 2.45) is 0 Å². The summed E-state index contributed by atoms with van der Waals surface area (Å²) in [6, 6.07) is 2.20. The van der Waals surface area contributed by atoms with Crippen LogP contribution in [0.2, 0.25) is 10.0 Å². The molecule has 0 atom stereocenters. The predicted octanol–water partition coefficient (Wildman–Crippen LogP) is 1.69. The molecular weight excluding hydrogens is 244 g/mol. The van der Waals surface area contributed by atoms with Crippen LogP contribution in [0.25, 0.3) is 5.69 Å². The van der Waals surface area contributed by atoms with Crippen LogP contribution in [-0.4, -0.2) is 20.2 Å². The highest BCUT2D eigenvalue weighted by Crippen LogP contribution is 2.29. The Bertz CT molecular complexity index is 489. The summed E-state index contributed by atoms with van der Waals surface area (Å²) in [4.78, 5) is 0. The minimum atomic E-state index is -0.541. The molecule has 0 saturated heterocycles. The molecule has 0 spiro atoms. The van der Waals surface area contributed by atoms with Crippen molar-refractivity contribution >= 4 is 29.2 Å². The van der Waals surface area contributed by atoms with Crippen molar-refractivity contribution in [3.8, 4) is 5.69 Å². The number of nitrogens with zero attached hydrogens (tertiary/aromatic N) is 4. The van der Waals surface area contributed by atoms with Crippen LogP contribution in [0.4, 0.5) is 10.3 Å². The maximum absolute atomic E-state index is 12.9. The van der Waals surface area contributed by atoms with Gasteiger partial charge in [-0.15, -0.1) is 0 Å². The number of anilines is 1. The first-order chi connectivity index (χ1) is 7.09. The molecule has 78 valence electrons. The van der Waals surface area contributed by atoms with Gasteiger partial charge < -0.3 is 5.73 Å². The number of hydrogen-bond donors (Lipinski definition) is 1. The molecule has 0 fully saturated rings. The van der Waals surface area contributed by atoms with Crippen molar-refractivity contribution in [3.05, 3.63) is 28.0 Å². The Morgan fingerprint density at radius 1 is 1.27 bits per heavy atom. The van der Waals surface area contributed by atoms with E-state index in [0.29, 0.717) is 0 Å². The van der Waals surface area contributed by atoms with Crippen LogP contribution in [0.15, 0.2) is 12.1 Å². The zero-order valence-corrected chi connectivity index (χ0v) is 8.67. The van der Waals surface area contributed by atoms with Crippen LogP contribution in [0.3, 0.4) is 0 Å². The second-order valence-electron chi connectivity index (χ2n) is 2.67. The van der Waals surface area contributed by atoms with Gasteiger partial charge in [-0.1, -0.05) is 28.3 Å². The molecule has 0 aliphatic rings. The van der Waals surface area contributed by atoms with E-state index in [4.69, 9.17) is 28.9 Å². The molecule has 0 radical (unpaired) electrons. The zero-order valence-electron chi connectivity index (χ0n) is 7.15. The van der Waals surface area contributed by atoms with Crippen molar-refractivity contribution in [1.29, 1.82) is 0 Å². The first-order valence-corrected chi connectivity index (χ1v) is 4.54. The summed E-state index contributed by atoms with van der Waals surface area (Å²) in [6.45, 7) is 0. The Hall–Kier alpha value is -1.40. The zero-order chi connectivity index (χ0) is 11.0. The van der Waals surface area contributed by atoms with E-state index in [1.54, 1.807) is 0 Å². The Labute approximate surface area is 93.6 Å². The summed E-state index contributed by atoms with van der Waals surface area (Å²) in [6.07, 6.45) is 0. The van der Waals surface area contributed by atoms with Gasteiger partial charge in [0.25, 0.3) is 0 Å². The number of nitrogen functional groups attached to an aromatic ring is 1. The van der Waals surface area contributed by atoms with Gasteiger partial charge >= 0.3 is 0 Å². The van der Waals surface area contributed by atoms with Crippen molar-refractivity contribution in [3.63, 3.8) is 0 Å². The van der Waals surface area contributed by atoms with Gasteiger partial charge in [-0.05, 0) is 22.6 Å². The molecule has 1 aromatic heterocycles. The number of rotatable bonds is 1. The van der Waals surface area contributed by atoms with Gasteiger partial charge in [0, 0.05) is 0 Å². The number of tetrazole rings is 1. The standard InChI is InChI=1S/C7H4Cl2FN5/c8-4-1-3(10)2-5(9)6(4)15-7(11)12-13-14-15/h1-2H,(H2,11,12,14). The van der Waals surface area contributed by atoms with E-state index in [1.165, 1.54) is 0 Å². The van der Waals surface area contributed by atoms with Crippen molar-refractivity contribution in [2.75, 3.05) is 5.73 Å². The number of halogens is 3. The Kier molecular flexibility index (Phi) is 2.45. The predicted molar refractivity (Wildman–Crippen MR) is 53.5 cm³/mol. The molecule has 1 aromatic carbocycles. The average molecular weight is 248 g/mol. The third-order valence-electron chi connectivity index (χ3n) is 1.69. The summed E-state index contributed by atoms with van der Waals surface area (Å²) >= 11 is 11.6. The lowest BCUT2D eigenvalue weighted by Gasteiger charge is -2.06. The Morgan fingerprint density at radius 2 is 1.87 bits per heavy atom. The molecule has 8 heteroatoms. The molecule has 0 aliphatic heterocycles. The van der Waals surface area contributed by atoms with Gasteiger partial charge in [-0.3, -0.25) is 0 Å². The van der Waals surface area contributed by atoms with E-state index in [1.807, 2.05) is 0 Å². The van der Waals surface area contributed by atoms with E-state index in [2.05, 4.69) is 15.5 Å². The molecule has 0 amide bonds. The van der Waals surface area contributed by atoms with Gasteiger partial charge in [0.2, 0.25) is 5.95 Å². The lowest BCUT2D eigenvalue weighted by atomic mass is 10.3. The van der Waals surface area contributed by atoms with E-state index >= 15 is 0 Å². The molecule has 1 heterocycles. The van der Waals surface area contributed by atoms with Crippen LogP contribution >= 0.6 is 23.2 Å². The summed E-state index contributed by atoms with van der Waals surface area (Å²) in [5.41, 5.74) is 5.72. The molecule has 0 aliphatic carbocycles. The molecule has 0 bridgehead atoms. The second-order valence-corrected chi connectivity index (χ2v) is 3.48. The minimum absolute atomic E-state index is 0.0189. The number of benzene rings is 1. The topological polar surface area (TPSA) is 69.6 Å². The van der Waals surface area contributed by atoms with Crippen LogP contribution in [0.1, 0.15) is 0 Å². The number of aromatic nitrogens is 4. The fourth-order valence-electron chi connectivity index (χ4n) is 1.09. The smallest absolute Gasteiger partial charge is 0.245 e. The van der Waals surface area contributed by atoms with Crippen molar-refractivity contribution < 1.29 is 4.39 Å². The minimum Gasteiger partial charge on any atom is -0.366 e. The molecule has 0 unspecified atom stereocenters. The average Bonchev–Trinajstić information content (AvgIpc) is 2.50. The first kappa shape index (κ1) is 10.1. The van der Waals surface area contributed by atoms with Crippen LogP contribution in [0.5, 0.6) is 0 Å². The summed E-state index contributed by atoms with van der Waals surface area (Å²) < 4.78 is 14.0. The van der Waals surface area contributed by atoms with E-state index < -0.39 is 5.82 Å². The first-order valence-electron chi connectivity index (χ1n) is 3.78. The lowest BCUT2D eigenvalue weighted by molar-refractivity contribution is 0.627. The molecule has 2 aromatic rings. The van der Waals surface area contributed by atoms with Gasteiger partial charge in [0.1, 0.15) is 11.5 Å². The van der Waals surface area contributed by atoms with E-state index in [-0.39, 0.29) is 21.7 Å². The van der Waals surface area contributed by atoms with Gasteiger partial charge in [-0.2, -0.15) is 4.68 Å². The largest absolute Gasteiger partial charge is 0.366 e. The molecule has 2 N–H and O–H groups in total. The fourth-order valence-corrected chi connectivity index (χ4v) is 1.71. The van der Waals surface area contributed by atoms with Crippen LogP contribution < -0.4 is 5.73 Å². The highest BCUT2D eigenvalue weighted by molar-refractivity contribution is 6.37. The molecular formula is C7H4Cl2FN5. The lowest BCUT2D eigenvalue weighted by Crippen LogP contribution is -2.04. The van der Waals surface area contributed by atoms with E-state index in [9.17, 15) is 4.39 Å². The fraction of sp³-hybridized carbons (Fsp3) is 0. The maximum atomic E-state index is 12.9. The monoisotopic (exact) mass is 247 g/mol. The Balaban J connectivity index is 2.68. The van der Waals surface area contributed by atoms with Crippen molar-refractivity contribution in [1.82, 2.24) is 20.2 Å². The second kappa shape index (κ2) is 3.63. The molecule has 2 rings (SSSR count). The van der Waals surface area contributed by atoms with Gasteiger partial charge in [0.05, 0.1) is 10.0 Å². The maximum Gasteiger partial charge on any atom is 0.245 e.